The zero-order valence-electron chi connectivity index (χ0n) is 16.9. The van der Waals surface area contributed by atoms with Crippen LogP contribution in [0.2, 0.25) is 0 Å². The van der Waals surface area contributed by atoms with Gasteiger partial charge in [0.15, 0.2) is 17.8 Å². The second-order valence-electron chi connectivity index (χ2n) is 6.65. The second-order valence-corrected chi connectivity index (χ2v) is 6.65. The van der Waals surface area contributed by atoms with Gasteiger partial charge in [0.1, 0.15) is 5.76 Å². The minimum Gasteiger partial charge on any atom is -0.507 e. The molecule has 2 aromatic carbocycles. The molecule has 2 aromatic rings. The molecule has 1 heterocycles. The lowest BCUT2D eigenvalue weighted by atomic mass is 9.95. The van der Waals surface area contributed by atoms with Gasteiger partial charge in [-0.2, -0.15) is 0 Å². The minimum atomic E-state index is -0.924. The zero-order valence-corrected chi connectivity index (χ0v) is 16.9. The van der Waals surface area contributed by atoms with E-state index in [1.807, 2.05) is 0 Å². The van der Waals surface area contributed by atoms with Crippen LogP contribution in [0.4, 0.5) is 0 Å². The molecule has 0 radical (unpaired) electrons. The number of hydrogen-bond donors (Lipinski definition) is 2. The van der Waals surface area contributed by atoms with Crippen molar-refractivity contribution in [3.63, 3.8) is 0 Å². The van der Waals surface area contributed by atoms with Gasteiger partial charge < -0.3 is 29.3 Å². The Labute approximate surface area is 173 Å². The number of phenols is 1. The van der Waals surface area contributed by atoms with Gasteiger partial charge >= 0.3 is 0 Å². The Morgan fingerprint density at radius 1 is 1.07 bits per heavy atom. The van der Waals surface area contributed by atoms with Gasteiger partial charge in [-0.25, -0.2) is 0 Å². The highest BCUT2D eigenvalue weighted by atomic mass is 16.7. The number of likely N-dealkylation sites (tertiary alicyclic amines) is 1. The van der Waals surface area contributed by atoms with E-state index in [-0.39, 0.29) is 29.4 Å². The summed E-state index contributed by atoms with van der Waals surface area (Å²) in [6.07, 6.45) is -0.776. The number of rotatable bonds is 7. The first-order valence-corrected chi connectivity index (χ1v) is 9.19. The van der Waals surface area contributed by atoms with Crippen LogP contribution in [0.3, 0.4) is 0 Å². The summed E-state index contributed by atoms with van der Waals surface area (Å²) in [6, 6.07) is 12.1. The monoisotopic (exact) mass is 413 g/mol. The van der Waals surface area contributed by atoms with Crippen LogP contribution in [0, 0.1) is 0 Å². The molecule has 0 aliphatic carbocycles. The normalized spacial score (nSPS) is 18.3. The van der Waals surface area contributed by atoms with Crippen molar-refractivity contribution in [2.75, 3.05) is 27.9 Å². The predicted octanol–water partition coefficient (Wildman–Crippen LogP) is 2.44. The van der Waals surface area contributed by atoms with Crippen molar-refractivity contribution in [2.45, 2.75) is 12.3 Å². The molecule has 158 valence electrons. The number of Topliss-reactive ketones (excluding diaryl/α,β-unsaturated/α-hetero) is 1. The van der Waals surface area contributed by atoms with E-state index < -0.39 is 24.0 Å². The van der Waals surface area contributed by atoms with Gasteiger partial charge in [0.25, 0.3) is 11.7 Å². The van der Waals surface area contributed by atoms with E-state index in [1.54, 1.807) is 36.4 Å². The third-order valence-electron chi connectivity index (χ3n) is 4.98. The summed E-state index contributed by atoms with van der Waals surface area (Å²) >= 11 is 0. The Morgan fingerprint density at radius 3 is 2.33 bits per heavy atom. The minimum absolute atomic E-state index is 0.0446. The van der Waals surface area contributed by atoms with E-state index in [9.17, 15) is 19.8 Å². The van der Waals surface area contributed by atoms with Crippen molar-refractivity contribution < 1.29 is 34.0 Å². The van der Waals surface area contributed by atoms with Gasteiger partial charge in [-0.1, -0.05) is 36.4 Å². The standard InChI is InChI=1S/C22H23NO7/c1-28-16-11-14(9-10-15(16)24)19-18(20(25)13-7-5-4-6-8-13)21(26)22(27)23(19)12-17(29-2)30-3/h4-11,17,19,24-25H,12H2,1-3H3/b20-18+. The summed E-state index contributed by atoms with van der Waals surface area (Å²) in [7, 11) is 4.24. The number of benzene rings is 2. The Morgan fingerprint density at radius 2 is 1.73 bits per heavy atom. The van der Waals surface area contributed by atoms with Gasteiger partial charge in [-0.05, 0) is 17.7 Å². The lowest BCUT2D eigenvalue weighted by Crippen LogP contribution is -2.38. The number of carbonyl (C=O) groups excluding carboxylic acids is 2. The van der Waals surface area contributed by atoms with Crippen LogP contribution in [0.25, 0.3) is 5.76 Å². The Hall–Kier alpha value is -3.36. The molecule has 1 amide bonds. The predicted molar refractivity (Wildman–Crippen MR) is 108 cm³/mol. The molecule has 0 saturated carbocycles. The molecular formula is C22H23NO7. The number of aliphatic hydroxyl groups excluding tert-OH is 1. The Bertz CT molecular complexity index is 967. The number of methoxy groups -OCH3 is 3. The van der Waals surface area contributed by atoms with Gasteiger partial charge in [0.05, 0.1) is 25.3 Å². The van der Waals surface area contributed by atoms with Gasteiger partial charge in [0, 0.05) is 19.8 Å². The zero-order chi connectivity index (χ0) is 21.8. The number of carbonyl (C=O) groups is 2. The molecule has 1 fully saturated rings. The largest absolute Gasteiger partial charge is 0.507 e. The van der Waals surface area contributed by atoms with E-state index in [0.29, 0.717) is 11.1 Å². The highest BCUT2D eigenvalue weighted by molar-refractivity contribution is 6.46. The maximum absolute atomic E-state index is 12.9. The number of aromatic hydroxyl groups is 1. The van der Waals surface area contributed by atoms with E-state index in [0.717, 1.165) is 0 Å². The SMILES string of the molecule is COc1cc(C2/C(=C(\O)c3ccccc3)C(=O)C(=O)N2CC(OC)OC)ccc1O. The fourth-order valence-electron chi connectivity index (χ4n) is 3.44. The van der Waals surface area contributed by atoms with Crippen molar-refractivity contribution >= 4 is 17.4 Å². The van der Waals surface area contributed by atoms with Crippen LogP contribution in [-0.2, 0) is 19.1 Å². The third-order valence-corrected chi connectivity index (χ3v) is 4.98. The highest BCUT2D eigenvalue weighted by Gasteiger charge is 2.47. The van der Waals surface area contributed by atoms with Crippen molar-refractivity contribution in [3.8, 4) is 11.5 Å². The van der Waals surface area contributed by atoms with Gasteiger partial charge in [-0.15, -0.1) is 0 Å². The lowest BCUT2D eigenvalue weighted by molar-refractivity contribution is -0.149. The second kappa shape index (κ2) is 8.98. The lowest BCUT2D eigenvalue weighted by Gasteiger charge is -2.28. The molecule has 1 atom stereocenters. The topological polar surface area (TPSA) is 106 Å². The number of amides is 1. The maximum Gasteiger partial charge on any atom is 0.295 e. The van der Waals surface area contributed by atoms with Crippen molar-refractivity contribution in [3.05, 3.63) is 65.2 Å². The van der Waals surface area contributed by atoms with Crippen LogP contribution in [0.15, 0.2) is 54.1 Å². The molecule has 1 unspecified atom stereocenters. The maximum atomic E-state index is 12.9. The molecular weight excluding hydrogens is 390 g/mol. The van der Waals surface area contributed by atoms with E-state index >= 15 is 0 Å². The highest BCUT2D eigenvalue weighted by Crippen LogP contribution is 2.41. The number of ketones is 1. The molecule has 3 rings (SSSR count). The summed E-state index contributed by atoms with van der Waals surface area (Å²) in [6.45, 7) is -0.0446. The Balaban J connectivity index is 2.19. The number of ether oxygens (including phenoxy) is 3. The summed E-state index contributed by atoms with van der Waals surface area (Å²) in [5, 5.41) is 20.9. The van der Waals surface area contributed by atoms with Crippen LogP contribution in [0.5, 0.6) is 11.5 Å². The average Bonchev–Trinajstić information content (AvgIpc) is 3.02. The smallest absolute Gasteiger partial charge is 0.295 e. The fourth-order valence-corrected chi connectivity index (χ4v) is 3.44. The van der Waals surface area contributed by atoms with Gasteiger partial charge in [0.2, 0.25) is 0 Å². The third kappa shape index (κ3) is 3.87. The average molecular weight is 413 g/mol. The number of phenolic OH excluding ortho intramolecular Hbond substituents is 1. The van der Waals surface area contributed by atoms with Crippen LogP contribution in [0.1, 0.15) is 17.2 Å². The molecule has 0 aromatic heterocycles. The molecule has 2 N–H and O–H groups in total. The molecule has 0 spiro atoms. The Kier molecular flexibility index (Phi) is 6.39. The number of hydrogen-bond acceptors (Lipinski definition) is 7. The molecule has 30 heavy (non-hydrogen) atoms. The molecule has 1 aliphatic heterocycles. The van der Waals surface area contributed by atoms with E-state index in [2.05, 4.69) is 0 Å². The molecule has 8 nitrogen and oxygen atoms in total. The van der Waals surface area contributed by atoms with Crippen molar-refractivity contribution in [1.82, 2.24) is 4.90 Å². The summed E-state index contributed by atoms with van der Waals surface area (Å²) in [4.78, 5) is 27.1. The van der Waals surface area contributed by atoms with Crippen molar-refractivity contribution in [2.24, 2.45) is 0 Å². The molecule has 8 heteroatoms. The van der Waals surface area contributed by atoms with E-state index in [4.69, 9.17) is 14.2 Å². The molecule has 1 aliphatic rings. The van der Waals surface area contributed by atoms with Crippen molar-refractivity contribution in [1.29, 1.82) is 0 Å². The molecule has 0 bridgehead atoms. The van der Waals surface area contributed by atoms with Crippen LogP contribution in [-0.4, -0.2) is 61.0 Å². The van der Waals surface area contributed by atoms with Gasteiger partial charge in [-0.3, -0.25) is 9.59 Å². The summed E-state index contributed by atoms with van der Waals surface area (Å²) < 4.78 is 15.6. The van der Waals surface area contributed by atoms with E-state index in [1.165, 1.54) is 38.4 Å². The quantitative estimate of drug-likeness (QED) is 0.311. The van der Waals surface area contributed by atoms with Crippen LogP contribution < -0.4 is 4.74 Å². The molecule has 1 saturated heterocycles. The number of aliphatic hydroxyl groups is 1. The number of nitrogens with zero attached hydrogens (tertiary/aromatic N) is 1. The first kappa shape index (κ1) is 21.4. The first-order chi connectivity index (χ1) is 14.4. The summed E-state index contributed by atoms with van der Waals surface area (Å²) in [5.41, 5.74) is 0.818. The fraction of sp³-hybridized carbons (Fsp3) is 0.273. The summed E-state index contributed by atoms with van der Waals surface area (Å²) in [5.74, 6) is -1.82. The van der Waals surface area contributed by atoms with Crippen LogP contribution >= 0.6 is 0 Å². The first-order valence-electron chi connectivity index (χ1n) is 9.19.